The summed E-state index contributed by atoms with van der Waals surface area (Å²) in [6, 6.07) is 1.69. The van der Waals surface area contributed by atoms with Crippen molar-refractivity contribution >= 4 is 27.1 Å². The third kappa shape index (κ3) is 2.30. The first kappa shape index (κ1) is 11.6. The van der Waals surface area contributed by atoms with Gasteiger partial charge in [-0.05, 0) is 22.4 Å². The van der Waals surface area contributed by atoms with E-state index >= 15 is 0 Å². The Kier molecular flexibility index (Phi) is 3.74. The van der Waals surface area contributed by atoms with Gasteiger partial charge in [0.15, 0.2) is 6.29 Å². The van der Waals surface area contributed by atoms with Crippen molar-refractivity contribution in [1.82, 2.24) is 4.98 Å². The molecule has 0 bridgehead atoms. The van der Waals surface area contributed by atoms with Gasteiger partial charge < -0.3 is 9.82 Å². The molecule has 0 aromatic carbocycles. The van der Waals surface area contributed by atoms with Crippen LogP contribution in [0.1, 0.15) is 16.1 Å². The number of hydrogen-bond acceptors (Lipinski definition) is 5. The average Bonchev–Trinajstić information content (AvgIpc) is 2.27. The second-order valence-corrected chi connectivity index (χ2v) is 3.13. The largest absolute Gasteiger partial charge is 0.481 e. The van der Waals surface area contributed by atoms with Gasteiger partial charge in [0.25, 0.3) is 0 Å². The molecule has 6 heteroatoms. The van der Waals surface area contributed by atoms with Gasteiger partial charge in [-0.25, -0.2) is 4.98 Å². The maximum Gasteiger partial charge on any atom is 0.245 e. The van der Waals surface area contributed by atoms with Gasteiger partial charge in [-0.15, -0.1) is 0 Å². The van der Waals surface area contributed by atoms with Crippen LogP contribution < -0.4 is 9.82 Å². The molecule has 0 aliphatic heterocycles. The normalized spacial score (nSPS) is 9.53. The van der Waals surface area contributed by atoms with Gasteiger partial charge >= 0.3 is 0 Å². The summed E-state index contributed by atoms with van der Waals surface area (Å²) in [5.74, 6) is -0.345. The molecule has 0 spiro atoms. The minimum atomic E-state index is -0.682. The molecule has 1 rings (SSSR count). The summed E-state index contributed by atoms with van der Waals surface area (Å²) in [6.07, 6.45) is 0.225. The second kappa shape index (κ2) is 4.84. The van der Waals surface area contributed by atoms with Crippen LogP contribution in [0.2, 0.25) is 0 Å². The summed E-state index contributed by atoms with van der Waals surface area (Å²) in [6.45, 7) is 1.80. The van der Waals surface area contributed by atoms with Crippen LogP contribution in [-0.2, 0) is 4.79 Å². The van der Waals surface area contributed by atoms with Crippen molar-refractivity contribution in [1.29, 1.82) is 0 Å². The van der Waals surface area contributed by atoms with Crippen molar-refractivity contribution in [2.75, 3.05) is 12.2 Å². The number of nitrogens with one attached hydrogen (secondary N) is 1. The van der Waals surface area contributed by atoms with E-state index in [2.05, 4.69) is 19.5 Å². The Morgan fingerprint density at radius 3 is 2.80 bits per heavy atom. The van der Waals surface area contributed by atoms with E-state index in [1.807, 2.05) is 0 Å². The molecule has 1 aromatic heterocycles. The zero-order valence-corrected chi connectivity index (χ0v) is 9.56. The summed E-state index contributed by atoms with van der Waals surface area (Å²) >= 11 is 0. The lowest BCUT2D eigenvalue weighted by Crippen LogP contribution is -2.08. The average molecular weight is 226 g/mol. The topological polar surface area (TPSA) is 68.3 Å². The molecule has 80 valence electrons. The number of pyridine rings is 1. The number of carbonyl (C=O) groups excluding carboxylic acids is 2. The molecule has 0 aliphatic rings. The summed E-state index contributed by atoms with van der Waals surface area (Å²) < 4.78 is 4.97. The third-order valence-electron chi connectivity index (χ3n) is 1.86. The van der Waals surface area contributed by atoms with E-state index in [1.165, 1.54) is 7.11 Å². The molecule has 1 N–H and O–H groups in total. The summed E-state index contributed by atoms with van der Waals surface area (Å²) in [5.41, 5.74) is 1.32. The number of nitrogens with zero attached hydrogens (tertiary/aromatic N) is 1. The molecule has 5 nitrogen and oxygen atoms in total. The Balaban J connectivity index is 3.34. The fourth-order valence-electron chi connectivity index (χ4n) is 1.16. The molecule has 0 saturated carbocycles. The molecular weight excluding hydrogens is 215 g/mol. The molecule has 1 aromatic rings. The number of ketones is 1. The minimum Gasteiger partial charge on any atom is -0.481 e. The van der Waals surface area contributed by atoms with E-state index in [9.17, 15) is 9.59 Å². The van der Waals surface area contributed by atoms with Crippen molar-refractivity contribution < 1.29 is 14.3 Å². The number of aldehydes is 1. The van der Waals surface area contributed by atoms with E-state index < -0.39 is 5.78 Å². The highest BCUT2D eigenvalue weighted by atomic mass is 31.0. The lowest BCUT2D eigenvalue weighted by atomic mass is 10.2. The number of aromatic nitrogens is 1. The molecule has 0 amide bonds. The van der Waals surface area contributed by atoms with Gasteiger partial charge in [0, 0.05) is 5.56 Å². The number of methoxy groups -OCH3 is 1. The fourth-order valence-corrected chi connectivity index (χ4v) is 1.38. The minimum absolute atomic E-state index is 0.0578. The first-order valence-corrected chi connectivity index (χ1v) is 4.73. The number of Topliss-reactive ketones (excluding diaryl/α,β-unsaturated/α-hetero) is 1. The number of ether oxygens (including phenoxy) is 1. The fraction of sp³-hybridized carbons (Fsp3) is 0.222. The number of rotatable bonds is 4. The SMILES string of the molecule is COc1nc(C(=O)C=O)c(NP)cc1C. The van der Waals surface area contributed by atoms with Gasteiger partial charge in [-0.3, -0.25) is 9.59 Å². The van der Waals surface area contributed by atoms with E-state index in [0.717, 1.165) is 5.56 Å². The maximum atomic E-state index is 11.2. The van der Waals surface area contributed by atoms with Crippen molar-refractivity contribution in [3.63, 3.8) is 0 Å². The Morgan fingerprint density at radius 1 is 1.67 bits per heavy atom. The zero-order valence-electron chi connectivity index (χ0n) is 8.40. The summed E-state index contributed by atoms with van der Waals surface area (Å²) in [5, 5.41) is 2.72. The van der Waals surface area contributed by atoms with Gasteiger partial charge in [0.1, 0.15) is 5.69 Å². The lowest BCUT2D eigenvalue weighted by Gasteiger charge is -2.09. The van der Waals surface area contributed by atoms with Crippen LogP contribution in [0.15, 0.2) is 6.07 Å². The van der Waals surface area contributed by atoms with Crippen LogP contribution in [0.4, 0.5) is 5.69 Å². The molecule has 0 radical (unpaired) electrons. The quantitative estimate of drug-likeness (QED) is 0.359. The van der Waals surface area contributed by atoms with E-state index in [4.69, 9.17) is 4.74 Å². The predicted molar refractivity (Wildman–Crippen MR) is 59.3 cm³/mol. The number of aryl methyl sites for hydroxylation is 1. The zero-order chi connectivity index (χ0) is 11.4. The molecule has 0 fully saturated rings. The Hall–Kier alpha value is -1.48. The molecule has 1 atom stereocenters. The molecule has 15 heavy (non-hydrogen) atoms. The van der Waals surface area contributed by atoms with Gasteiger partial charge in [-0.2, -0.15) is 0 Å². The molecule has 0 saturated heterocycles. The molecule has 1 heterocycles. The molecular formula is C9H11N2O3P. The maximum absolute atomic E-state index is 11.2. The smallest absolute Gasteiger partial charge is 0.245 e. The number of carbonyl (C=O) groups is 2. The van der Waals surface area contributed by atoms with Crippen LogP contribution in [-0.4, -0.2) is 24.2 Å². The van der Waals surface area contributed by atoms with Crippen LogP contribution in [0.25, 0.3) is 0 Å². The van der Waals surface area contributed by atoms with Gasteiger partial charge in [0.05, 0.1) is 12.8 Å². The highest BCUT2D eigenvalue weighted by Crippen LogP contribution is 2.23. The van der Waals surface area contributed by atoms with Crippen LogP contribution in [0.3, 0.4) is 0 Å². The summed E-state index contributed by atoms with van der Waals surface area (Å²) in [7, 11) is 3.71. The lowest BCUT2D eigenvalue weighted by molar-refractivity contribution is -0.104. The van der Waals surface area contributed by atoms with E-state index in [-0.39, 0.29) is 12.0 Å². The van der Waals surface area contributed by atoms with Crippen molar-refractivity contribution in [3.05, 3.63) is 17.3 Å². The highest BCUT2D eigenvalue weighted by Gasteiger charge is 2.15. The molecule has 1 unspecified atom stereocenters. The number of hydrogen-bond donors (Lipinski definition) is 1. The highest BCUT2D eigenvalue weighted by molar-refractivity contribution is 7.18. The monoisotopic (exact) mass is 226 g/mol. The Labute approximate surface area is 89.5 Å². The first-order valence-electron chi connectivity index (χ1n) is 4.15. The Bertz CT molecular complexity index is 407. The third-order valence-corrected chi connectivity index (χ3v) is 2.17. The number of anilines is 1. The summed E-state index contributed by atoms with van der Waals surface area (Å²) in [4.78, 5) is 25.6. The van der Waals surface area contributed by atoms with Crippen LogP contribution in [0.5, 0.6) is 5.88 Å². The van der Waals surface area contributed by atoms with Crippen molar-refractivity contribution in [2.24, 2.45) is 0 Å². The van der Waals surface area contributed by atoms with Crippen molar-refractivity contribution in [3.8, 4) is 5.88 Å². The molecule has 0 aliphatic carbocycles. The van der Waals surface area contributed by atoms with E-state index in [0.29, 0.717) is 11.6 Å². The van der Waals surface area contributed by atoms with Crippen LogP contribution >= 0.6 is 9.39 Å². The van der Waals surface area contributed by atoms with Gasteiger partial charge in [-0.1, -0.05) is 0 Å². The predicted octanol–water partition coefficient (Wildman–Crippen LogP) is 0.982. The second-order valence-electron chi connectivity index (χ2n) is 2.84. The van der Waals surface area contributed by atoms with Crippen molar-refractivity contribution in [2.45, 2.75) is 6.92 Å². The van der Waals surface area contributed by atoms with E-state index in [1.54, 1.807) is 13.0 Å². The standard InChI is InChI=1S/C9H11N2O3P/c1-5-3-6(11-15)8(7(13)4-12)10-9(5)14-2/h3-4,11H,15H2,1-2H3. The van der Waals surface area contributed by atoms with Crippen LogP contribution in [0, 0.1) is 6.92 Å². The Morgan fingerprint density at radius 2 is 2.33 bits per heavy atom. The first-order chi connectivity index (χ1) is 7.13. The van der Waals surface area contributed by atoms with Gasteiger partial charge in [0.2, 0.25) is 11.7 Å².